The van der Waals surface area contributed by atoms with Crippen molar-refractivity contribution < 1.29 is 9.53 Å². The van der Waals surface area contributed by atoms with E-state index in [1.165, 1.54) is 32.8 Å². The van der Waals surface area contributed by atoms with Crippen molar-refractivity contribution in [3.63, 3.8) is 0 Å². The lowest BCUT2D eigenvalue weighted by molar-refractivity contribution is -0.140. The lowest BCUT2D eigenvalue weighted by Gasteiger charge is -2.19. The Balaban J connectivity index is 2.14. The molecule has 0 aromatic rings. The molecule has 0 amide bonds. The van der Waals surface area contributed by atoms with Crippen LogP contribution in [0.3, 0.4) is 0 Å². The highest BCUT2D eigenvalue weighted by Crippen LogP contribution is 2.27. The lowest BCUT2D eigenvalue weighted by Crippen LogP contribution is -2.33. The molecule has 1 rings (SSSR count). The zero-order chi connectivity index (χ0) is 10.4. The molecule has 0 aromatic carbocycles. The van der Waals surface area contributed by atoms with Gasteiger partial charge in [-0.1, -0.05) is 19.8 Å². The second-order valence-corrected chi connectivity index (χ2v) is 3.99. The summed E-state index contributed by atoms with van der Waals surface area (Å²) >= 11 is 0. The number of hydrogen-bond donors (Lipinski definition) is 1. The van der Waals surface area contributed by atoms with Crippen LogP contribution in [-0.2, 0) is 9.53 Å². The third-order valence-electron chi connectivity index (χ3n) is 3.15. The summed E-state index contributed by atoms with van der Waals surface area (Å²) in [5.41, 5.74) is 0. The highest BCUT2D eigenvalue weighted by Gasteiger charge is 2.24. The average molecular weight is 199 g/mol. The number of esters is 1. The first-order valence-corrected chi connectivity index (χ1v) is 5.58. The molecule has 3 heteroatoms. The molecule has 0 saturated heterocycles. The summed E-state index contributed by atoms with van der Waals surface area (Å²) in [7, 11) is 1.44. The van der Waals surface area contributed by atoms with Gasteiger partial charge in [-0.05, 0) is 18.8 Å². The first-order chi connectivity index (χ1) is 6.77. The fourth-order valence-electron chi connectivity index (χ4n) is 2.26. The van der Waals surface area contributed by atoms with Gasteiger partial charge in [0.15, 0.2) is 0 Å². The Hall–Kier alpha value is -0.570. The normalized spacial score (nSPS) is 26.4. The summed E-state index contributed by atoms with van der Waals surface area (Å²) in [5, 5.41) is 3.45. The van der Waals surface area contributed by atoms with Crippen LogP contribution in [0.15, 0.2) is 0 Å². The lowest BCUT2D eigenvalue weighted by atomic mass is 10.0. The second-order valence-electron chi connectivity index (χ2n) is 3.99. The molecule has 82 valence electrons. The molecule has 0 bridgehead atoms. The molecule has 0 aromatic heterocycles. The summed E-state index contributed by atoms with van der Waals surface area (Å²) in [6.45, 7) is 3.00. The SMILES string of the molecule is CCC1CCCC1NCCC(=O)OC. The molecule has 1 saturated carbocycles. The minimum atomic E-state index is -0.122. The topological polar surface area (TPSA) is 38.3 Å². The fraction of sp³-hybridized carbons (Fsp3) is 0.909. The van der Waals surface area contributed by atoms with E-state index in [0.717, 1.165) is 12.5 Å². The second kappa shape index (κ2) is 6.02. The van der Waals surface area contributed by atoms with Crippen molar-refractivity contribution in [3.8, 4) is 0 Å². The van der Waals surface area contributed by atoms with Crippen LogP contribution < -0.4 is 5.32 Å². The molecule has 0 spiro atoms. The van der Waals surface area contributed by atoms with E-state index in [1.807, 2.05) is 0 Å². The van der Waals surface area contributed by atoms with Crippen LogP contribution in [0.4, 0.5) is 0 Å². The van der Waals surface area contributed by atoms with Crippen LogP contribution in [0.2, 0.25) is 0 Å². The zero-order valence-corrected chi connectivity index (χ0v) is 9.21. The fourth-order valence-corrected chi connectivity index (χ4v) is 2.26. The van der Waals surface area contributed by atoms with Crippen molar-refractivity contribution in [1.29, 1.82) is 0 Å². The van der Waals surface area contributed by atoms with E-state index in [1.54, 1.807) is 0 Å². The standard InChI is InChI=1S/C11H21NO2/c1-3-9-5-4-6-10(9)12-8-7-11(13)14-2/h9-10,12H,3-8H2,1-2H3. The molecule has 1 fully saturated rings. The van der Waals surface area contributed by atoms with Gasteiger partial charge in [0.1, 0.15) is 0 Å². The first kappa shape index (κ1) is 11.5. The molecule has 2 unspecified atom stereocenters. The molecular formula is C11H21NO2. The van der Waals surface area contributed by atoms with Crippen molar-refractivity contribution in [2.24, 2.45) is 5.92 Å². The zero-order valence-electron chi connectivity index (χ0n) is 9.21. The predicted octanol–water partition coefficient (Wildman–Crippen LogP) is 1.72. The first-order valence-electron chi connectivity index (χ1n) is 5.58. The number of methoxy groups -OCH3 is 1. The number of carbonyl (C=O) groups is 1. The minimum absolute atomic E-state index is 0.122. The van der Waals surface area contributed by atoms with Crippen molar-refractivity contribution in [2.45, 2.75) is 45.1 Å². The summed E-state index contributed by atoms with van der Waals surface area (Å²) in [5.74, 6) is 0.691. The molecular weight excluding hydrogens is 178 g/mol. The largest absolute Gasteiger partial charge is 0.469 e. The van der Waals surface area contributed by atoms with Crippen LogP contribution in [0.25, 0.3) is 0 Å². The van der Waals surface area contributed by atoms with Crippen molar-refractivity contribution in [3.05, 3.63) is 0 Å². The Kier molecular flexibility index (Phi) is 4.94. The van der Waals surface area contributed by atoms with Gasteiger partial charge < -0.3 is 10.1 Å². The maximum Gasteiger partial charge on any atom is 0.306 e. The van der Waals surface area contributed by atoms with Crippen LogP contribution in [0.5, 0.6) is 0 Å². The van der Waals surface area contributed by atoms with E-state index in [9.17, 15) is 4.79 Å². The van der Waals surface area contributed by atoms with E-state index >= 15 is 0 Å². The van der Waals surface area contributed by atoms with Gasteiger partial charge in [0.25, 0.3) is 0 Å². The molecule has 0 heterocycles. The monoisotopic (exact) mass is 199 g/mol. The van der Waals surface area contributed by atoms with Crippen molar-refractivity contribution >= 4 is 5.97 Å². The van der Waals surface area contributed by atoms with Crippen molar-refractivity contribution in [1.82, 2.24) is 5.32 Å². The Morgan fingerprint density at radius 3 is 2.93 bits per heavy atom. The van der Waals surface area contributed by atoms with Gasteiger partial charge in [0.2, 0.25) is 0 Å². The van der Waals surface area contributed by atoms with Gasteiger partial charge >= 0.3 is 5.97 Å². The molecule has 0 radical (unpaired) electrons. The number of carbonyl (C=O) groups excluding carboxylic acids is 1. The van der Waals surface area contributed by atoms with E-state index < -0.39 is 0 Å². The molecule has 2 atom stereocenters. The Morgan fingerprint density at radius 1 is 1.50 bits per heavy atom. The highest BCUT2D eigenvalue weighted by molar-refractivity contribution is 5.69. The molecule has 0 aliphatic heterocycles. The predicted molar refractivity (Wildman–Crippen MR) is 56.1 cm³/mol. The number of ether oxygens (including phenoxy) is 1. The minimum Gasteiger partial charge on any atom is -0.469 e. The van der Waals surface area contributed by atoms with Crippen molar-refractivity contribution in [2.75, 3.05) is 13.7 Å². The number of nitrogens with one attached hydrogen (secondary N) is 1. The summed E-state index contributed by atoms with van der Waals surface area (Å²) in [4.78, 5) is 10.9. The smallest absolute Gasteiger partial charge is 0.306 e. The Bertz CT molecular complexity index is 182. The van der Waals surface area contributed by atoms with Gasteiger partial charge in [0.05, 0.1) is 13.5 Å². The summed E-state index contributed by atoms with van der Waals surface area (Å²) in [6, 6.07) is 0.629. The molecule has 1 N–H and O–H groups in total. The number of hydrogen-bond acceptors (Lipinski definition) is 3. The van der Waals surface area contributed by atoms with Gasteiger partial charge in [-0.2, -0.15) is 0 Å². The van der Waals surface area contributed by atoms with Gasteiger partial charge in [-0.15, -0.1) is 0 Å². The van der Waals surface area contributed by atoms with E-state index in [0.29, 0.717) is 12.5 Å². The van der Waals surface area contributed by atoms with Crippen LogP contribution in [-0.4, -0.2) is 25.7 Å². The molecule has 3 nitrogen and oxygen atoms in total. The highest BCUT2D eigenvalue weighted by atomic mass is 16.5. The Labute approximate surface area is 86.2 Å². The average Bonchev–Trinajstić information content (AvgIpc) is 2.65. The maximum absolute atomic E-state index is 10.9. The summed E-state index contributed by atoms with van der Waals surface area (Å²) in [6.07, 6.45) is 5.67. The molecule has 1 aliphatic carbocycles. The van der Waals surface area contributed by atoms with Crippen LogP contribution in [0, 0.1) is 5.92 Å². The van der Waals surface area contributed by atoms with Crippen LogP contribution >= 0.6 is 0 Å². The van der Waals surface area contributed by atoms with Gasteiger partial charge in [0, 0.05) is 12.6 Å². The molecule has 14 heavy (non-hydrogen) atoms. The van der Waals surface area contributed by atoms with Crippen LogP contribution in [0.1, 0.15) is 39.0 Å². The van der Waals surface area contributed by atoms with E-state index in [4.69, 9.17) is 0 Å². The quantitative estimate of drug-likeness (QED) is 0.685. The summed E-state index contributed by atoms with van der Waals surface area (Å²) < 4.78 is 4.59. The number of rotatable bonds is 5. The van der Waals surface area contributed by atoms with Gasteiger partial charge in [-0.3, -0.25) is 4.79 Å². The van der Waals surface area contributed by atoms with E-state index in [2.05, 4.69) is 17.0 Å². The van der Waals surface area contributed by atoms with Gasteiger partial charge in [-0.25, -0.2) is 0 Å². The third-order valence-corrected chi connectivity index (χ3v) is 3.15. The Morgan fingerprint density at radius 2 is 2.29 bits per heavy atom. The molecule has 1 aliphatic rings. The maximum atomic E-state index is 10.9. The van der Waals surface area contributed by atoms with E-state index in [-0.39, 0.29) is 5.97 Å². The third kappa shape index (κ3) is 3.29.